The Morgan fingerprint density at radius 1 is 1.07 bits per heavy atom. The molecule has 2 N–H and O–H groups in total. The molecule has 0 spiro atoms. The van der Waals surface area contributed by atoms with Crippen LogP contribution in [0.2, 0.25) is 0 Å². The highest BCUT2D eigenvalue weighted by atomic mass is 16.5. The highest BCUT2D eigenvalue weighted by molar-refractivity contribution is 5.63. The van der Waals surface area contributed by atoms with E-state index in [0.717, 1.165) is 42.8 Å². The number of anilines is 1. The van der Waals surface area contributed by atoms with Crippen molar-refractivity contribution in [3.63, 3.8) is 0 Å². The largest absolute Gasteiger partial charge is 0.368 e. The summed E-state index contributed by atoms with van der Waals surface area (Å²) in [4.78, 5) is 17.2. The normalized spacial score (nSPS) is 15.2. The maximum Gasteiger partial charge on any atom is 0.278 e. The number of hydrogen-bond donors (Lipinski definition) is 1. The van der Waals surface area contributed by atoms with Gasteiger partial charge in [-0.25, -0.2) is 15.0 Å². The fraction of sp³-hybridized carbons (Fsp3) is 0.286. The third-order valence-corrected chi connectivity index (χ3v) is 5.72. The van der Waals surface area contributed by atoms with Crippen molar-refractivity contribution in [3.05, 3.63) is 60.6 Å². The summed E-state index contributed by atoms with van der Waals surface area (Å²) >= 11 is 0. The van der Waals surface area contributed by atoms with Crippen LogP contribution in [0.3, 0.4) is 0 Å². The molecule has 29 heavy (non-hydrogen) atoms. The maximum absolute atomic E-state index is 5.58. The van der Waals surface area contributed by atoms with Crippen molar-refractivity contribution in [2.75, 3.05) is 5.73 Å². The van der Waals surface area contributed by atoms with E-state index < -0.39 is 0 Å². The zero-order valence-electron chi connectivity index (χ0n) is 16.1. The van der Waals surface area contributed by atoms with Crippen LogP contribution in [0.25, 0.3) is 22.7 Å². The van der Waals surface area contributed by atoms with Crippen LogP contribution in [-0.2, 0) is 12.0 Å². The first-order chi connectivity index (χ1) is 14.2. The standard InChI is InChI=1S/C21H21N7O/c1-2-28-12-17(25-13-28)18-26-19(27-29-18)21(8-3-9-21)16-6-4-14(5-7-16)15-10-23-20(22)24-11-15/h4-7,10-13H,2-3,8-9H2,1H3,(H2,22,23,24). The van der Waals surface area contributed by atoms with Gasteiger partial charge in [0, 0.05) is 30.7 Å². The van der Waals surface area contributed by atoms with E-state index in [2.05, 4.69) is 51.3 Å². The van der Waals surface area contributed by atoms with Crippen molar-refractivity contribution in [2.24, 2.45) is 0 Å². The summed E-state index contributed by atoms with van der Waals surface area (Å²) in [5.74, 6) is 1.47. The summed E-state index contributed by atoms with van der Waals surface area (Å²) in [7, 11) is 0. The average molecular weight is 387 g/mol. The maximum atomic E-state index is 5.58. The Hall–Kier alpha value is -3.55. The predicted octanol–water partition coefficient (Wildman–Crippen LogP) is 3.46. The van der Waals surface area contributed by atoms with E-state index in [1.807, 2.05) is 10.8 Å². The van der Waals surface area contributed by atoms with Crippen LogP contribution in [0, 0.1) is 0 Å². The number of benzene rings is 1. The number of nitrogens with zero attached hydrogens (tertiary/aromatic N) is 6. The molecule has 1 aliphatic carbocycles. The molecular formula is C21H21N7O. The van der Waals surface area contributed by atoms with Crippen molar-refractivity contribution < 1.29 is 4.52 Å². The Morgan fingerprint density at radius 2 is 1.83 bits per heavy atom. The van der Waals surface area contributed by atoms with E-state index in [9.17, 15) is 0 Å². The van der Waals surface area contributed by atoms with Gasteiger partial charge in [0.25, 0.3) is 5.89 Å². The molecule has 146 valence electrons. The van der Waals surface area contributed by atoms with Gasteiger partial charge in [-0.1, -0.05) is 35.8 Å². The molecule has 5 rings (SSSR count). The monoisotopic (exact) mass is 387 g/mol. The number of nitrogen functional groups attached to an aromatic ring is 1. The summed E-state index contributed by atoms with van der Waals surface area (Å²) in [5.41, 5.74) is 9.25. The average Bonchev–Trinajstić information content (AvgIpc) is 3.38. The van der Waals surface area contributed by atoms with E-state index in [0.29, 0.717) is 11.6 Å². The van der Waals surface area contributed by atoms with Crippen molar-refractivity contribution in [1.29, 1.82) is 0 Å². The van der Waals surface area contributed by atoms with Crippen LogP contribution in [0.15, 0.2) is 53.7 Å². The molecule has 0 aliphatic heterocycles. The second kappa shape index (κ2) is 6.80. The number of nitrogens with two attached hydrogens (primary N) is 1. The predicted molar refractivity (Wildman–Crippen MR) is 108 cm³/mol. The van der Waals surface area contributed by atoms with Crippen molar-refractivity contribution in [3.8, 4) is 22.7 Å². The van der Waals surface area contributed by atoms with E-state index in [1.165, 1.54) is 5.56 Å². The van der Waals surface area contributed by atoms with E-state index in [4.69, 9.17) is 15.2 Å². The Balaban J connectivity index is 1.45. The lowest BCUT2D eigenvalue weighted by Crippen LogP contribution is -2.36. The zero-order valence-corrected chi connectivity index (χ0v) is 16.1. The lowest BCUT2D eigenvalue weighted by Gasteiger charge is -2.39. The lowest BCUT2D eigenvalue weighted by molar-refractivity contribution is 0.273. The van der Waals surface area contributed by atoms with E-state index in [1.54, 1.807) is 18.7 Å². The molecule has 8 heteroatoms. The molecule has 0 bridgehead atoms. The van der Waals surface area contributed by atoms with Gasteiger partial charge in [-0.15, -0.1) is 0 Å². The van der Waals surface area contributed by atoms with Crippen LogP contribution in [0.4, 0.5) is 5.95 Å². The molecular weight excluding hydrogens is 366 g/mol. The van der Waals surface area contributed by atoms with Crippen molar-refractivity contribution in [1.82, 2.24) is 29.7 Å². The fourth-order valence-corrected chi connectivity index (χ4v) is 3.81. The van der Waals surface area contributed by atoms with Gasteiger partial charge >= 0.3 is 0 Å². The number of rotatable bonds is 5. The molecule has 0 radical (unpaired) electrons. The van der Waals surface area contributed by atoms with Gasteiger partial charge in [-0.2, -0.15) is 4.98 Å². The van der Waals surface area contributed by atoms with Crippen molar-refractivity contribution >= 4 is 5.95 Å². The van der Waals surface area contributed by atoms with E-state index in [-0.39, 0.29) is 11.4 Å². The van der Waals surface area contributed by atoms with Crippen LogP contribution in [-0.4, -0.2) is 29.7 Å². The first kappa shape index (κ1) is 17.5. The highest BCUT2D eigenvalue weighted by Crippen LogP contribution is 2.48. The minimum Gasteiger partial charge on any atom is -0.368 e. The van der Waals surface area contributed by atoms with Gasteiger partial charge in [0.1, 0.15) is 5.69 Å². The van der Waals surface area contributed by atoms with Crippen molar-refractivity contribution in [2.45, 2.75) is 38.1 Å². The van der Waals surface area contributed by atoms with Gasteiger partial charge in [-0.05, 0) is 30.9 Å². The van der Waals surface area contributed by atoms with Crippen LogP contribution >= 0.6 is 0 Å². The summed E-state index contributed by atoms with van der Waals surface area (Å²) in [6.07, 6.45) is 10.3. The Bertz CT molecular complexity index is 1120. The quantitative estimate of drug-likeness (QED) is 0.558. The minimum atomic E-state index is -0.203. The Morgan fingerprint density at radius 3 is 2.45 bits per heavy atom. The highest BCUT2D eigenvalue weighted by Gasteiger charge is 2.44. The molecule has 0 saturated heterocycles. The smallest absolute Gasteiger partial charge is 0.278 e. The molecule has 1 saturated carbocycles. The lowest BCUT2D eigenvalue weighted by atomic mass is 9.64. The number of aromatic nitrogens is 6. The first-order valence-electron chi connectivity index (χ1n) is 9.73. The summed E-state index contributed by atoms with van der Waals surface area (Å²) in [5, 5.41) is 4.32. The van der Waals surface area contributed by atoms with Gasteiger partial charge < -0.3 is 14.8 Å². The summed E-state index contributed by atoms with van der Waals surface area (Å²) in [6, 6.07) is 8.42. The second-order valence-electron chi connectivity index (χ2n) is 7.36. The van der Waals surface area contributed by atoms with Gasteiger partial charge in [-0.3, -0.25) is 0 Å². The molecule has 3 aromatic heterocycles. The Labute approximate surface area is 167 Å². The molecule has 0 atom stereocenters. The third kappa shape index (κ3) is 2.97. The van der Waals surface area contributed by atoms with Crippen LogP contribution < -0.4 is 5.73 Å². The third-order valence-electron chi connectivity index (χ3n) is 5.72. The van der Waals surface area contributed by atoms with Gasteiger partial charge in [0.15, 0.2) is 5.82 Å². The molecule has 1 fully saturated rings. The molecule has 0 unspecified atom stereocenters. The van der Waals surface area contributed by atoms with Gasteiger partial charge in [0.05, 0.1) is 11.7 Å². The fourth-order valence-electron chi connectivity index (χ4n) is 3.81. The number of hydrogen-bond acceptors (Lipinski definition) is 7. The van der Waals surface area contributed by atoms with E-state index >= 15 is 0 Å². The first-order valence-corrected chi connectivity index (χ1v) is 9.73. The minimum absolute atomic E-state index is 0.203. The molecule has 1 aliphatic rings. The molecule has 4 aromatic rings. The second-order valence-corrected chi connectivity index (χ2v) is 7.36. The SMILES string of the molecule is CCn1cnc(-c2nc(C3(c4ccc(-c5cnc(N)nc5)cc4)CCC3)no2)c1. The summed E-state index contributed by atoms with van der Waals surface area (Å²) in [6.45, 7) is 2.91. The molecule has 1 aromatic carbocycles. The molecule has 0 amide bonds. The van der Waals surface area contributed by atoms with Crippen LogP contribution in [0.1, 0.15) is 37.6 Å². The molecule has 3 heterocycles. The molecule has 8 nitrogen and oxygen atoms in total. The van der Waals surface area contributed by atoms with Crippen LogP contribution in [0.5, 0.6) is 0 Å². The van der Waals surface area contributed by atoms with Gasteiger partial charge in [0.2, 0.25) is 5.95 Å². The topological polar surface area (TPSA) is 109 Å². The number of aryl methyl sites for hydroxylation is 1. The number of imidazole rings is 1. The Kier molecular flexibility index (Phi) is 4.12. The zero-order chi connectivity index (χ0) is 19.8. The summed E-state index contributed by atoms with van der Waals surface area (Å²) < 4.78 is 7.53.